The number of aliphatic hydroxyl groups is 1. The predicted molar refractivity (Wildman–Crippen MR) is 76.2 cm³/mol. The van der Waals surface area contributed by atoms with Crippen LogP contribution in [0.4, 0.5) is 0 Å². The van der Waals surface area contributed by atoms with Gasteiger partial charge in [-0.25, -0.2) is 0 Å². The van der Waals surface area contributed by atoms with Gasteiger partial charge in [0.05, 0.1) is 6.10 Å². The third-order valence-electron chi connectivity index (χ3n) is 2.85. The van der Waals surface area contributed by atoms with Gasteiger partial charge in [0.15, 0.2) is 0 Å². The van der Waals surface area contributed by atoms with Gasteiger partial charge in [0.2, 0.25) is 0 Å². The van der Waals surface area contributed by atoms with Gasteiger partial charge in [0.1, 0.15) is 11.9 Å². The van der Waals surface area contributed by atoms with Crippen LogP contribution in [0.25, 0.3) is 0 Å². The van der Waals surface area contributed by atoms with Gasteiger partial charge in [0, 0.05) is 5.02 Å². The van der Waals surface area contributed by atoms with Crippen molar-refractivity contribution in [3.05, 3.63) is 29.3 Å². The number of benzene rings is 1. The van der Waals surface area contributed by atoms with Crippen molar-refractivity contribution in [2.45, 2.75) is 52.7 Å². The monoisotopic (exact) mass is 270 g/mol. The summed E-state index contributed by atoms with van der Waals surface area (Å²) in [6, 6.07) is 7.24. The molecule has 0 saturated heterocycles. The number of hydrogen-bond donors (Lipinski definition) is 1. The fraction of sp³-hybridized carbons (Fsp3) is 0.600. The Balaban J connectivity index is 2.47. The SMILES string of the molecule is CC(Oc1cccc(Cl)c1)C(O)CCC(C)(C)C. The molecule has 0 saturated carbocycles. The fourth-order valence-electron chi connectivity index (χ4n) is 1.65. The minimum Gasteiger partial charge on any atom is -0.488 e. The summed E-state index contributed by atoms with van der Waals surface area (Å²) in [6.45, 7) is 8.39. The third-order valence-corrected chi connectivity index (χ3v) is 3.09. The zero-order valence-electron chi connectivity index (χ0n) is 11.6. The van der Waals surface area contributed by atoms with Crippen LogP contribution in [0.5, 0.6) is 5.75 Å². The van der Waals surface area contributed by atoms with E-state index >= 15 is 0 Å². The molecule has 1 aromatic rings. The smallest absolute Gasteiger partial charge is 0.122 e. The second kappa shape index (κ2) is 6.44. The molecule has 0 aromatic heterocycles. The third kappa shape index (κ3) is 5.74. The van der Waals surface area contributed by atoms with E-state index in [4.69, 9.17) is 16.3 Å². The molecule has 0 bridgehead atoms. The Morgan fingerprint density at radius 2 is 2.00 bits per heavy atom. The van der Waals surface area contributed by atoms with Gasteiger partial charge in [-0.05, 0) is 43.4 Å². The Kier molecular flexibility index (Phi) is 5.48. The van der Waals surface area contributed by atoms with Crippen molar-refractivity contribution in [2.75, 3.05) is 0 Å². The molecule has 0 aliphatic carbocycles. The Morgan fingerprint density at radius 3 is 2.56 bits per heavy atom. The summed E-state index contributed by atoms with van der Waals surface area (Å²) in [5, 5.41) is 10.7. The minimum absolute atomic E-state index is 0.231. The van der Waals surface area contributed by atoms with Crippen LogP contribution in [0.1, 0.15) is 40.5 Å². The van der Waals surface area contributed by atoms with E-state index in [0.29, 0.717) is 10.8 Å². The van der Waals surface area contributed by atoms with Gasteiger partial charge in [-0.1, -0.05) is 38.4 Å². The molecule has 0 heterocycles. The number of rotatable bonds is 5. The number of ether oxygens (including phenoxy) is 1. The zero-order chi connectivity index (χ0) is 13.8. The van der Waals surface area contributed by atoms with Crippen molar-refractivity contribution in [3.8, 4) is 5.75 Å². The van der Waals surface area contributed by atoms with Crippen LogP contribution in [-0.2, 0) is 0 Å². The van der Waals surface area contributed by atoms with Crippen molar-refractivity contribution in [1.29, 1.82) is 0 Å². The molecule has 0 radical (unpaired) electrons. The molecule has 0 aliphatic heterocycles. The summed E-state index contributed by atoms with van der Waals surface area (Å²) in [6.07, 6.45) is 1.02. The lowest BCUT2D eigenvalue weighted by Crippen LogP contribution is -2.29. The Bertz CT molecular complexity index is 371. The van der Waals surface area contributed by atoms with E-state index in [1.165, 1.54) is 0 Å². The molecule has 2 unspecified atom stereocenters. The van der Waals surface area contributed by atoms with E-state index in [-0.39, 0.29) is 11.5 Å². The standard InChI is InChI=1S/C15H23ClO2/c1-11(14(17)8-9-15(2,3)4)18-13-7-5-6-12(16)10-13/h5-7,10-11,14,17H,8-9H2,1-4H3. The topological polar surface area (TPSA) is 29.5 Å². The van der Waals surface area contributed by atoms with E-state index in [0.717, 1.165) is 12.8 Å². The summed E-state index contributed by atoms with van der Waals surface area (Å²) in [7, 11) is 0. The molecule has 0 aliphatic rings. The van der Waals surface area contributed by atoms with Gasteiger partial charge in [-0.3, -0.25) is 0 Å². The van der Waals surface area contributed by atoms with Crippen LogP contribution in [0.3, 0.4) is 0 Å². The number of hydrogen-bond acceptors (Lipinski definition) is 2. The van der Waals surface area contributed by atoms with Gasteiger partial charge in [0.25, 0.3) is 0 Å². The van der Waals surface area contributed by atoms with Gasteiger partial charge >= 0.3 is 0 Å². The summed E-state index contributed by atoms with van der Waals surface area (Å²) < 4.78 is 5.69. The average Bonchev–Trinajstić information content (AvgIpc) is 2.24. The predicted octanol–water partition coefficient (Wildman–Crippen LogP) is 4.29. The van der Waals surface area contributed by atoms with Crippen LogP contribution in [-0.4, -0.2) is 17.3 Å². The van der Waals surface area contributed by atoms with E-state index in [2.05, 4.69) is 20.8 Å². The summed E-state index contributed by atoms with van der Waals surface area (Å²) >= 11 is 5.89. The van der Waals surface area contributed by atoms with Crippen LogP contribution >= 0.6 is 11.6 Å². The number of halogens is 1. The molecule has 1 aromatic carbocycles. The Labute approximate surface area is 115 Å². The van der Waals surface area contributed by atoms with Crippen LogP contribution < -0.4 is 4.74 Å². The van der Waals surface area contributed by atoms with Crippen molar-refractivity contribution in [1.82, 2.24) is 0 Å². The highest BCUT2D eigenvalue weighted by atomic mass is 35.5. The van der Waals surface area contributed by atoms with Crippen LogP contribution in [0.15, 0.2) is 24.3 Å². The molecule has 2 nitrogen and oxygen atoms in total. The Morgan fingerprint density at radius 1 is 1.33 bits per heavy atom. The molecule has 102 valence electrons. The molecule has 18 heavy (non-hydrogen) atoms. The first-order chi connectivity index (χ1) is 8.28. The van der Waals surface area contributed by atoms with Crippen molar-refractivity contribution >= 4 is 11.6 Å². The average molecular weight is 271 g/mol. The quantitative estimate of drug-likeness (QED) is 0.865. The maximum atomic E-state index is 10.1. The fourth-order valence-corrected chi connectivity index (χ4v) is 1.83. The summed E-state index contributed by atoms with van der Waals surface area (Å²) in [5.41, 5.74) is 0.233. The van der Waals surface area contributed by atoms with E-state index in [9.17, 15) is 5.11 Å². The highest BCUT2D eigenvalue weighted by Crippen LogP contribution is 2.24. The lowest BCUT2D eigenvalue weighted by atomic mass is 9.88. The first-order valence-electron chi connectivity index (χ1n) is 6.38. The van der Waals surface area contributed by atoms with E-state index < -0.39 is 6.10 Å². The van der Waals surface area contributed by atoms with E-state index in [1.54, 1.807) is 12.1 Å². The second-order valence-electron chi connectivity index (χ2n) is 5.95. The molecular weight excluding hydrogens is 248 g/mol. The zero-order valence-corrected chi connectivity index (χ0v) is 12.4. The molecule has 1 N–H and O–H groups in total. The minimum atomic E-state index is -0.455. The highest BCUT2D eigenvalue weighted by Gasteiger charge is 2.19. The summed E-state index contributed by atoms with van der Waals surface area (Å²) in [4.78, 5) is 0. The van der Waals surface area contributed by atoms with Crippen molar-refractivity contribution in [2.24, 2.45) is 5.41 Å². The molecular formula is C15H23ClO2. The highest BCUT2D eigenvalue weighted by molar-refractivity contribution is 6.30. The molecule has 0 fully saturated rings. The molecule has 1 rings (SSSR count). The number of aliphatic hydroxyl groups excluding tert-OH is 1. The van der Waals surface area contributed by atoms with Crippen molar-refractivity contribution < 1.29 is 9.84 Å². The second-order valence-corrected chi connectivity index (χ2v) is 6.38. The first kappa shape index (κ1) is 15.3. The van der Waals surface area contributed by atoms with Crippen LogP contribution in [0, 0.1) is 5.41 Å². The summed E-state index contributed by atoms with van der Waals surface area (Å²) in [5.74, 6) is 0.699. The van der Waals surface area contributed by atoms with Gasteiger partial charge in [-0.15, -0.1) is 0 Å². The van der Waals surface area contributed by atoms with Crippen LogP contribution in [0.2, 0.25) is 5.02 Å². The van der Waals surface area contributed by atoms with Gasteiger partial charge < -0.3 is 9.84 Å². The first-order valence-corrected chi connectivity index (χ1v) is 6.76. The molecule has 3 heteroatoms. The Hall–Kier alpha value is -0.730. The van der Waals surface area contributed by atoms with Gasteiger partial charge in [-0.2, -0.15) is 0 Å². The van der Waals surface area contributed by atoms with E-state index in [1.807, 2.05) is 19.1 Å². The molecule has 0 amide bonds. The largest absolute Gasteiger partial charge is 0.488 e. The lowest BCUT2D eigenvalue weighted by Gasteiger charge is -2.24. The lowest BCUT2D eigenvalue weighted by molar-refractivity contribution is 0.0344. The molecule has 2 atom stereocenters. The maximum Gasteiger partial charge on any atom is 0.122 e. The molecule has 0 spiro atoms. The maximum absolute atomic E-state index is 10.1. The van der Waals surface area contributed by atoms with Crippen molar-refractivity contribution in [3.63, 3.8) is 0 Å². The normalized spacial score (nSPS) is 15.2.